The van der Waals surface area contributed by atoms with E-state index in [4.69, 9.17) is 0 Å². The lowest BCUT2D eigenvalue weighted by atomic mass is 10.1. The van der Waals surface area contributed by atoms with Crippen LogP contribution >= 0.6 is 0 Å². The molecule has 4 heteroatoms. The predicted molar refractivity (Wildman–Crippen MR) is 93.4 cm³/mol. The van der Waals surface area contributed by atoms with Crippen molar-refractivity contribution in [3.05, 3.63) is 29.8 Å². The third kappa shape index (κ3) is 5.38. The minimum absolute atomic E-state index is 0.0583. The van der Waals surface area contributed by atoms with Crippen LogP contribution in [0.1, 0.15) is 63.2 Å². The van der Waals surface area contributed by atoms with E-state index in [1.807, 2.05) is 19.1 Å². The summed E-state index contributed by atoms with van der Waals surface area (Å²) in [4.78, 5) is 24.3. The van der Waals surface area contributed by atoms with E-state index in [1.54, 1.807) is 12.1 Å². The van der Waals surface area contributed by atoms with Crippen LogP contribution in [0.2, 0.25) is 0 Å². The molecule has 1 fully saturated rings. The minimum atomic E-state index is -0.0788. The lowest BCUT2D eigenvalue weighted by Crippen LogP contribution is -2.32. The molecule has 0 saturated heterocycles. The summed E-state index contributed by atoms with van der Waals surface area (Å²) in [6.07, 6.45) is 5.47. The van der Waals surface area contributed by atoms with Crippen molar-refractivity contribution >= 4 is 17.5 Å². The van der Waals surface area contributed by atoms with Crippen LogP contribution in [0.4, 0.5) is 5.69 Å². The fourth-order valence-corrected chi connectivity index (χ4v) is 2.74. The van der Waals surface area contributed by atoms with Gasteiger partial charge < -0.3 is 10.6 Å². The number of anilines is 1. The van der Waals surface area contributed by atoms with E-state index in [2.05, 4.69) is 24.5 Å². The Morgan fingerprint density at radius 1 is 1.30 bits per heavy atom. The number of benzene rings is 1. The van der Waals surface area contributed by atoms with Gasteiger partial charge in [0.25, 0.3) is 5.91 Å². The number of hydrogen-bond acceptors (Lipinski definition) is 2. The lowest BCUT2D eigenvalue weighted by Gasteiger charge is -2.14. The first-order valence-electron chi connectivity index (χ1n) is 8.73. The van der Waals surface area contributed by atoms with E-state index < -0.39 is 0 Å². The van der Waals surface area contributed by atoms with Crippen molar-refractivity contribution in [3.8, 4) is 0 Å². The SMILES string of the molecule is CCCCCC(C)NC(=O)c1cccc(NC(=O)C2CC2C)c1. The van der Waals surface area contributed by atoms with E-state index in [0.717, 1.165) is 19.3 Å². The van der Waals surface area contributed by atoms with Crippen LogP contribution in [0.25, 0.3) is 0 Å². The molecule has 3 unspecified atom stereocenters. The summed E-state index contributed by atoms with van der Waals surface area (Å²) in [6.45, 7) is 6.28. The van der Waals surface area contributed by atoms with Crippen molar-refractivity contribution in [1.29, 1.82) is 0 Å². The Labute approximate surface area is 139 Å². The molecule has 4 nitrogen and oxygen atoms in total. The molecule has 0 spiro atoms. The quantitative estimate of drug-likeness (QED) is 0.713. The largest absolute Gasteiger partial charge is 0.350 e. The van der Waals surface area contributed by atoms with Crippen molar-refractivity contribution in [1.82, 2.24) is 5.32 Å². The Hall–Kier alpha value is -1.84. The van der Waals surface area contributed by atoms with Crippen molar-refractivity contribution in [3.63, 3.8) is 0 Å². The molecule has 0 heterocycles. The molecule has 0 aromatic heterocycles. The summed E-state index contributed by atoms with van der Waals surface area (Å²) in [5.41, 5.74) is 1.29. The summed E-state index contributed by atoms with van der Waals surface area (Å²) in [5, 5.41) is 5.93. The molecule has 3 atom stereocenters. The molecule has 2 N–H and O–H groups in total. The van der Waals surface area contributed by atoms with Gasteiger partial charge in [-0.05, 0) is 43.9 Å². The number of carbonyl (C=O) groups is 2. The third-order valence-corrected chi connectivity index (χ3v) is 4.46. The summed E-state index contributed by atoms with van der Waals surface area (Å²) in [5.74, 6) is 0.587. The number of amides is 2. The van der Waals surface area contributed by atoms with Crippen LogP contribution in [0.15, 0.2) is 24.3 Å². The molecule has 0 bridgehead atoms. The fraction of sp³-hybridized carbons (Fsp3) is 0.579. The highest BCUT2D eigenvalue weighted by atomic mass is 16.2. The first kappa shape index (κ1) is 17.5. The third-order valence-electron chi connectivity index (χ3n) is 4.46. The smallest absolute Gasteiger partial charge is 0.251 e. The van der Waals surface area contributed by atoms with Crippen molar-refractivity contribution in [2.75, 3.05) is 5.32 Å². The standard InChI is InChI=1S/C19H28N2O2/c1-4-5-6-8-14(3)20-18(22)15-9-7-10-16(12-15)21-19(23)17-11-13(17)2/h7,9-10,12-14,17H,4-6,8,11H2,1-3H3,(H,20,22)(H,21,23). The molecule has 126 valence electrons. The van der Waals surface area contributed by atoms with Gasteiger partial charge in [0.1, 0.15) is 0 Å². The predicted octanol–water partition coefficient (Wildman–Crippen LogP) is 3.98. The normalized spacial score (nSPS) is 20.7. The van der Waals surface area contributed by atoms with Gasteiger partial charge in [-0.2, -0.15) is 0 Å². The average molecular weight is 316 g/mol. The Kier molecular flexibility index (Phi) is 6.20. The van der Waals surface area contributed by atoms with Crippen molar-refractivity contribution < 1.29 is 9.59 Å². The number of unbranched alkanes of at least 4 members (excludes halogenated alkanes) is 2. The molecule has 23 heavy (non-hydrogen) atoms. The molecule has 0 aliphatic heterocycles. The van der Waals surface area contributed by atoms with Crippen LogP contribution in [-0.4, -0.2) is 17.9 Å². The summed E-state index contributed by atoms with van der Waals surface area (Å²) < 4.78 is 0. The number of rotatable bonds is 8. The second-order valence-electron chi connectivity index (χ2n) is 6.76. The number of nitrogens with one attached hydrogen (secondary N) is 2. The second-order valence-corrected chi connectivity index (χ2v) is 6.76. The van der Waals surface area contributed by atoms with Gasteiger partial charge in [-0.1, -0.05) is 39.2 Å². The molecule has 1 aliphatic rings. The van der Waals surface area contributed by atoms with Gasteiger partial charge in [0.2, 0.25) is 5.91 Å². The lowest BCUT2D eigenvalue weighted by molar-refractivity contribution is -0.117. The molecule has 2 amide bonds. The maximum absolute atomic E-state index is 12.3. The maximum Gasteiger partial charge on any atom is 0.251 e. The van der Waals surface area contributed by atoms with Crippen molar-refractivity contribution in [2.24, 2.45) is 11.8 Å². The zero-order valence-electron chi connectivity index (χ0n) is 14.4. The van der Waals surface area contributed by atoms with E-state index in [9.17, 15) is 9.59 Å². The maximum atomic E-state index is 12.3. The molecule has 1 aromatic carbocycles. The van der Waals surface area contributed by atoms with Gasteiger partial charge in [-0.15, -0.1) is 0 Å². The van der Waals surface area contributed by atoms with Crippen LogP contribution in [0.5, 0.6) is 0 Å². The van der Waals surface area contributed by atoms with Crippen LogP contribution in [0.3, 0.4) is 0 Å². The van der Waals surface area contributed by atoms with Gasteiger partial charge >= 0.3 is 0 Å². The first-order chi connectivity index (χ1) is 11.0. The Bertz CT molecular complexity index is 556. The average Bonchev–Trinajstić information content (AvgIpc) is 3.25. The Balaban J connectivity index is 1.88. The minimum Gasteiger partial charge on any atom is -0.350 e. The van der Waals surface area contributed by atoms with Gasteiger partial charge in [0.15, 0.2) is 0 Å². The van der Waals surface area contributed by atoms with Crippen LogP contribution in [0, 0.1) is 11.8 Å². The number of hydrogen-bond donors (Lipinski definition) is 2. The second kappa shape index (κ2) is 8.14. The van der Waals surface area contributed by atoms with Gasteiger partial charge in [-0.25, -0.2) is 0 Å². The monoisotopic (exact) mass is 316 g/mol. The Morgan fingerprint density at radius 2 is 2.04 bits per heavy atom. The van der Waals surface area contributed by atoms with Gasteiger partial charge in [0.05, 0.1) is 0 Å². The van der Waals surface area contributed by atoms with E-state index in [0.29, 0.717) is 17.2 Å². The van der Waals surface area contributed by atoms with Crippen LogP contribution in [-0.2, 0) is 4.79 Å². The van der Waals surface area contributed by atoms with Gasteiger partial charge in [-0.3, -0.25) is 9.59 Å². The highest BCUT2D eigenvalue weighted by Gasteiger charge is 2.39. The van der Waals surface area contributed by atoms with Gasteiger partial charge in [0, 0.05) is 23.2 Å². The molecule has 1 aliphatic carbocycles. The highest BCUT2D eigenvalue weighted by molar-refractivity contribution is 5.98. The van der Waals surface area contributed by atoms with E-state index >= 15 is 0 Å². The van der Waals surface area contributed by atoms with Crippen LogP contribution < -0.4 is 10.6 Å². The molecule has 1 saturated carbocycles. The molecule has 0 radical (unpaired) electrons. The zero-order chi connectivity index (χ0) is 16.8. The molecule has 1 aromatic rings. The fourth-order valence-electron chi connectivity index (χ4n) is 2.74. The summed E-state index contributed by atoms with van der Waals surface area (Å²) in [6, 6.07) is 7.33. The zero-order valence-corrected chi connectivity index (χ0v) is 14.4. The van der Waals surface area contributed by atoms with E-state index in [1.165, 1.54) is 12.8 Å². The molecular formula is C19H28N2O2. The Morgan fingerprint density at radius 3 is 2.70 bits per heavy atom. The topological polar surface area (TPSA) is 58.2 Å². The first-order valence-corrected chi connectivity index (χ1v) is 8.73. The molecule has 2 rings (SSSR count). The van der Waals surface area contributed by atoms with E-state index in [-0.39, 0.29) is 23.8 Å². The van der Waals surface area contributed by atoms with Crippen molar-refractivity contribution in [2.45, 2.75) is 58.9 Å². The highest BCUT2D eigenvalue weighted by Crippen LogP contribution is 2.38. The summed E-state index contributed by atoms with van der Waals surface area (Å²) in [7, 11) is 0. The molecular weight excluding hydrogens is 288 g/mol. The summed E-state index contributed by atoms with van der Waals surface area (Å²) >= 11 is 0. The number of carbonyl (C=O) groups excluding carboxylic acids is 2.